The van der Waals surface area contributed by atoms with E-state index in [1.807, 2.05) is 0 Å². The zero-order chi connectivity index (χ0) is 13.0. The van der Waals surface area contributed by atoms with Crippen molar-refractivity contribution in [1.82, 2.24) is 4.90 Å². The number of phenols is 1. The first-order valence-corrected chi connectivity index (χ1v) is 5.66. The molecule has 0 bridgehead atoms. The summed E-state index contributed by atoms with van der Waals surface area (Å²) in [5, 5.41) is 9.58. The van der Waals surface area contributed by atoms with Crippen LogP contribution in [-0.4, -0.2) is 42.0 Å². The number of phenolic OH excluding ortho intramolecular Hbond substituents is 1. The van der Waals surface area contributed by atoms with Crippen molar-refractivity contribution in [2.45, 2.75) is 12.3 Å². The monoisotopic (exact) mass is 257 g/mol. The molecule has 1 amide bonds. The number of halogens is 1. The van der Waals surface area contributed by atoms with Crippen molar-refractivity contribution in [3.05, 3.63) is 23.8 Å². The quantitative estimate of drug-likeness (QED) is 0.841. The molecule has 1 aromatic rings. The molecule has 0 aliphatic heterocycles. The van der Waals surface area contributed by atoms with E-state index in [-0.39, 0.29) is 22.6 Å². The maximum atomic E-state index is 12.0. The SMILES string of the molecule is COc1ccc(C(=O)N(C)CC(C)Cl)c(O)c1. The van der Waals surface area contributed by atoms with Crippen LogP contribution in [0.25, 0.3) is 0 Å². The topological polar surface area (TPSA) is 49.8 Å². The molecule has 0 radical (unpaired) electrons. The molecule has 0 aromatic heterocycles. The van der Waals surface area contributed by atoms with Gasteiger partial charge in [0.15, 0.2) is 0 Å². The summed E-state index contributed by atoms with van der Waals surface area (Å²) in [7, 11) is 3.14. The van der Waals surface area contributed by atoms with Gasteiger partial charge in [0.05, 0.1) is 12.7 Å². The highest BCUT2D eigenvalue weighted by molar-refractivity contribution is 6.20. The van der Waals surface area contributed by atoms with Crippen molar-refractivity contribution in [2.24, 2.45) is 0 Å². The minimum Gasteiger partial charge on any atom is -0.507 e. The lowest BCUT2D eigenvalue weighted by atomic mass is 10.1. The van der Waals surface area contributed by atoms with Crippen molar-refractivity contribution < 1.29 is 14.6 Å². The van der Waals surface area contributed by atoms with Gasteiger partial charge in [0, 0.05) is 25.0 Å². The van der Waals surface area contributed by atoms with Crippen LogP contribution in [0.1, 0.15) is 17.3 Å². The summed E-state index contributed by atoms with van der Waals surface area (Å²) in [6.45, 7) is 2.23. The van der Waals surface area contributed by atoms with E-state index in [0.29, 0.717) is 12.3 Å². The molecule has 0 heterocycles. The first-order chi connectivity index (χ1) is 7.95. The second-order valence-electron chi connectivity index (χ2n) is 3.85. The Kier molecular flexibility index (Phi) is 4.63. The Bertz CT molecular complexity index is 407. The minimum absolute atomic E-state index is 0.0941. The van der Waals surface area contributed by atoms with Crippen molar-refractivity contribution in [1.29, 1.82) is 0 Å². The molecule has 0 saturated heterocycles. The van der Waals surface area contributed by atoms with Crippen molar-refractivity contribution in [2.75, 3.05) is 20.7 Å². The fourth-order valence-corrected chi connectivity index (χ4v) is 1.69. The van der Waals surface area contributed by atoms with Gasteiger partial charge in [0.25, 0.3) is 5.91 Å². The van der Waals surface area contributed by atoms with Crippen molar-refractivity contribution >= 4 is 17.5 Å². The summed E-state index contributed by atoms with van der Waals surface area (Å²) in [4.78, 5) is 13.4. The second kappa shape index (κ2) is 5.77. The van der Waals surface area contributed by atoms with E-state index in [2.05, 4.69) is 0 Å². The number of alkyl halides is 1. The normalized spacial score (nSPS) is 12.0. The molecule has 5 heteroatoms. The van der Waals surface area contributed by atoms with Gasteiger partial charge < -0.3 is 14.7 Å². The fourth-order valence-electron chi connectivity index (χ4n) is 1.49. The Morgan fingerprint density at radius 3 is 2.71 bits per heavy atom. The van der Waals surface area contributed by atoms with Gasteiger partial charge in [-0.3, -0.25) is 4.79 Å². The number of methoxy groups -OCH3 is 1. The lowest BCUT2D eigenvalue weighted by molar-refractivity contribution is 0.0793. The third-order valence-corrected chi connectivity index (χ3v) is 2.45. The summed E-state index contributed by atoms with van der Waals surface area (Å²) < 4.78 is 4.95. The zero-order valence-electron chi connectivity index (χ0n) is 10.1. The van der Waals surface area contributed by atoms with Crippen LogP contribution in [0.15, 0.2) is 18.2 Å². The van der Waals surface area contributed by atoms with E-state index in [1.165, 1.54) is 24.1 Å². The molecular formula is C12H16ClNO3. The number of hydrogen-bond donors (Lipinski definition) is 1. The molecule has 0 fully saturated rings. The number of carbonyl (C=O) groups is 1. The summed E-state index contributed by atoms with van der Waals surface area (Å²) in [6.07, 6.45) is 0. The van der Waals surface area contributed by atoms with Crippen LogP contribution in [0.3, 0.4) is 0 Å². The maximum absolute atomic E-state index is 12.0. The molecular weight excluding hydrogens is 242 g/mol. The van der Waals surface area contributed by atoms with Crippen molar-refractivity contribution in [3.8, 4) is 11.5 Å². The number of hydrogen-bond acceptors (Lipinski definition) is 3. The number of nitrogens with zero attached hydrogens (tertiary/aromatic N) is 1. The number of rotatable bonds is 4. The van der Waals surface area contributed by atoms with Crippen molar-refractivity contribution in [3.63, 3.8) is 0 Å². The third-order valence-electron chi connectivity index (χ3n) is 2.31. The Morgan fingerprint density at radius 1 is 1.59 bits per heavy atom. The Labute approximate surface area is 106 Å². The molecule has 1 atom stereocenters. The summed E-state index contributed by atoms with van der Waals surface area (Å²) in [5.74, 6) is 0.147. The molecule has 0 aliphatic rings. The number of ether oxygens (including phenoxy) is 1. The highest BCUT2D eigenvalue weighted by Gasteiger charge is 2.17. The smallest absolute Gasteiger partial charge is 0.257 e. The number of amides is 1. The molecule has 1 aromatic carbocycles. The first-order valence-electron chi connectivity index (χ1n) is 5.22. The van der Waals surface area contributed by atoms with Crippen LogP contribution in [-0.2, 0) is 0 Å². The molecule has 94 valence electrons. The van der Waals surface area contributed by atoms with Gasteiger partial charge in [-0.25, -0.2) is 0 Å². The van der Waals surface area contributed by atoms with Gasteiger partial charge in [-0.15, -0.1) is 11.6 Å². The summed E-state index contributed by atoms with van der Waals surface area (Å²) >= 11 is 5.82. The molecule has 1 rings (SSSR count). The van der Waals surface area contributed by atoms with Gasteiger partial charge in [-0.2, -0.15) is 0 Å². The zero-order valence-corrected chi connectivity index (χ0v) is 10.9. The first kappa shape index (κ1) is 13.6. The number of carbonyl (C=O) groups excluding carboxylic acids is 1. The van der Waals surface area contributed by atoms with Gasteiger partial charge in [-0.05, 0) is 19.1 Å². The molecule has 17 heavy (non-hydrogen) atoms. The van der Waals surface area contributed by atoms with Crippen LogP contribution >= 0.6 is 11.6 Å². The van der Waals surface area contributed by atoms with Crippen LogP contribution in [0.4, 0.5) is 0 Å². The molecule has 1 N–H and O–H groups in total. The van der Waals surface area contributed by atoms with E-state index >= 15 is 0 Å². The standard InChI is InChI=1S/C12H16ClNO3/c1-8(13)7-14(2)12(16)10-5-4-9(17-3)6-11(10)15/h4-6,8,15H,7H2,1-3H3. The Morgan fingerprint density at radius 2 is 2.24 bits per heavy atom. The van der Waals surface area contributed by atoms with Gasteiger partial charge in [0.1, 0.15) is 11.5 Å². The molecule has 0 spiro atoms. The number of aromatic hydroxyl groups is 1. The number of benzene rings is 1. The Hall–Kier alpha value is -1.42. The molecule has 1 unspecified atom stereocenters. The second-order valence-corrected chi connectivity index (χ2v) is 4.59. The summed E-state index contributed by atoms with van der Waals surface area (Å²) in [6, 6.07) is 4.57. The maximum Gasteiger partial charge on any atom is 0.257 e. The molecule has 4 nitrogen and oxygen atoms in total. The predicted octanol–water partition coefficient (Wildman–Crippen LogP) is 2.10. The molecule has 0 aliphatic carbocycles. The van der Waals surface area contributed by atoms with Crippen LogP contribution in [0.2, 0.25) is 0 Å². The lowest BCUT2D eigenvalue weighted by Gasteiger charge is -2.19. The van der Waals surface area contributed by atoms with Gasteiger partial charge in [-0.1, -0.05) is 0 Å². The average molecular weight is 258 g/mol. The predicted molar refractivity (Wildman–Crippen MR) is 66.9 cm³/mol. The average Bonchev–Trinajstić information content (AvgIpc) is 2.27. The van der Waals surface area contributed by atoms with Crippen LogP contribution < -0.4 is 4.74 Å². The lowest BCUT2D eigenvalue weighted by Crippen LogP contribution is -2.31. The van der Waals surface area contributed by atoms with E-state index < -0.39 is 0 Å². The fraction of sp³-hybridized carbons (Fsp3) is 0.417. The van der Waals surface area contributed by atoms with Crippen LogP contribution in [0.5, 0.6) is 11.5 Å². The molecule has 0 saturated carbocycles. The van der Waals surface area contributed by atoms with Crippen LogP contribution in [0, 0.1) is 0 Å². The largest absolute Gasteiger partial charge is 0.507 e. The van der Waals surface area contributed by atoms with Gasteiger partial charge in [0.2, 0.25) is 0 Å². The highest BCUT2D eigenvalue weighted by atomic mass is 35.5. The highest BCUT2D eigenvalue weighted by Crippen LogP contribution is 2.24. The van der Waals surface area contributed by atoms with E-state index in [1.54, 1.807) is 20.0 Å². The van der Waals surface area contributed by atoms with Gasteiger partial charge >= 0.3 is 0 Å². The van der Waals surface area contributed by atoms with E-state index in [9.17, 15) is 9.90 Å². The Balaban J connectivity index is 2.89. The third kappa shape index (κ3) is 3.53. The summed E-state index contributed by atoms with van der Waals surface area (Å²) in [5.41, 5.74) is 0.241. The van der Waals surface area contributed by atoms with E-state index in [0.717, 1.165) is 0 Å². The minimum atomic E-state index is -0.266. The van der Waals surface area contributed by atoms with E-state index in [4.69, 9.17) is 16.3 Å².